The molecule has 0 bridgehead atoms. The highest BCUT2D eigenvalue weighted by molar-refractivity contribution is 9.10. The summed E-state index contributed by atoms with van der Waals surface area (Å²) in [6, 6.07) is 25.3. The molecule has 0 spiro atoms. The number of aryl methyl sites for hydroxylation is 2. The molecule has 0 unspecified atom stereocenters. The van der Waals surface area contributed by atoms with Crippen LogP contribution < -0.4 is 24.8 Å². The summed E-state index contributed by atoms with van der Waals surface area (Å²) in [7, 11) is 0. The molecular formula is C30H26Br2N2O5. The Kier molecular flexibility index (Phi) is 9.62. The fraction of sp³-hybridized carbons (Fsp3) is 0.133. The molecule has 0 fully saturated rings. The SMILES string of the molecule is Cc1cc(Br)ccc1OCC(=O)Nc1ccc(Oc2ccc(NC(=O)COc3ccc(Br)cc3C)cc2)cc1. The Morgan fingerprint density at radius 3 is 1.36 bits per heavy atom. The number of benzene rings is 4. The van der Waals surface area contributed by atoms with E-state index in [4.69, 9.17) is 14.2 Å². The standard InChI is InChI=1S/C30H26Br2N2O5/c1-19-15-21(31)3-13-27(19)37-17-29(35)33-23-5-9-25(10-6-23)39-26-11-7-24(8-12-26)34-30(36)18-38-28-14-4-22(32)16-20(28)2/h3-16H,17-18H2,1-2H3,(H,33,35)(H,34,36). The molecule has 4 rings (SSSR count). The molecule has 200 valence electrons. The number of carbonyl (C=O) groups is 2. The number of nitrogens with one attached hydrogen (secondary N) is 2. The Bertz CT molecular complexity index is 1350. The number of rotatable bonds is 10. The molecule has 9 heteroatoms. The van der Waals surface area contributed by atoms with Gasteiger partial charge in [0.2, 0.25) is 0 Å². The Morgan fingerprint density at radius 1 is 0.615 bits per heavy atom. The molecule has 0 aliphatic rings. The number of hydrogen-bond donors (Lipinski definition) is 2. The first-order valence-corrected chi connectivity index (χ1v) is 13.6. The normalized spacial score (nSPS) is 10.5. The van der Waals surface area contributed by atoms with Crippen LogP contribution in [0.3, 0.4) is 0 Å². The molecule has 0 radical (unpaired) electrons. The highest BCUT2D eigenvalue weighted by atomic mass is 79.9. The van der Waals surface area contributed by atoms with Gasteiger partial charge in [0.25, 0.3) is 11.8 Å². The lowest BCUT2D eigenvalue weighted by atomic mass is 10.2. The minimum absolute atomic E-state index is 0.0976. The molecule has 0 atom stereocenters. The van der Waals surface area contributed by atoms with Crippen molar-refractivity contribution in [2.75, 3.05) is 23.8 Å². The zero-order chi connectivity index (χ0) is 27.8. The number of ether oxygens (including phenoxy) is 3. The minimum Gasteiger partial charge on any atom is -0.483 e. The quantitative estimate of drug-likeness (QED) is 0.184. The number of hydrogen-bond acceptors (Lipinski definition) is 5. The maximum atomic E-state index is 12.3. The summed E-state index contributed by atoms with van der Waals surface area (Å²) in [5.41, 5.74) is 3.13. The fourth-order valence-corrected chi connectivity index (χ4v) is 4.53. The third-order valence-electron chi connectivity index (χ3n) is 5.50. The van der Waals surface area contributed by atoms with Crippen LogP contribution in [-0.2, 0) is 9.59 Å². The zero-order valence-electron chi connectivity index (χ0n) is 21.3. The lowest BCUT2D eigenvalue weighted by molar-refractivity contribution is -0.118. The Hall–Kier alpha value is -3.82. The van der Waals surface area contributed by atoms with Crippen molar-refractivity contribution >= 4 is 55.0 Å². The summed E-state index contributed by atoms with van der Waals surface area (Å²) < 4.78 is 19.0. The molecule has 2 N–H and O–H groups in total. The summed E-state index contributed by atoms with van der Waals surface area (Å²) in [5, 5.41) is 5.61. The largest absolute Gasteiger partial charge is 0.483 e. The predicted octanol–water partition coefficient (Wildman–Crippen LogP) is 7.66. The third-order valence-corrected chi connectivity index (χ3v) is 6.49. The summed E-state index contributed by atoms with van der Waals surface area (Å²) in [4.78, 5) is 24.5. The van der Waals surface area contributed by atoms with Gasteiger partial charge in [-0.3, -0.25) is 9.59 Å². The van der Waals surface area contributed by atoms with Crippen LogP contribution in [0.5, 0.6) is 23.0 Å². The van der Waals surface area contributed by atoms with Gasteiger partial charge in [0, 0.05) is 20.3 Å². The Morgan fingerprint density at radius 2 is 1.00 bits per heavy atom. The molecular weight excluding hydrogens is 628 g/mol. The summed E-state index contributed by atoms with van der Waals surface area (Å²) in [5.74, 6) is 2.00. The average Bonchev–Trinajstić information content (AvgIpc) is 2.90. The molecule has 0 saturated heterocycles. The van der Waals surface area contributed by atoms with Gasteiger partial charge in [-0.2, -0.15) is 0 Å². The van der Waals surface area contributed by atoms with Crippen molar-refractivity contribution in [1.82, 2.24) is 0 Å². The average molecular weight is 654 g/mol. The summed E-state index contributed by atoms with van der Waals surface area (Å²) >= 11 is 6.82. The first kappa shape index (κ1) is 28.2. The molecule has 0 aliphatic heterocycles. The van der Waals surface area contributed by atoms with Crippen LogP contribution in [0.4, 0.5) is 11.4 Å². The van der Waals surface area contributed by atoms with Crippen molar-refractivity contribution < 1.29 is 23.8 Å². The highest BCUT2D eigenvalue weighted by Crippen LogP contribution is 2.26. The molecule has 39 heavy (non-hydrogen) atoms. The maximum absolute atomic E-state index is 12.3. The van der Waals surface area contributed by atoms with E-state index in [1.807, 2.05) is 50.2 Å². The van der Waals surface area contributed by atoms with Gasteiger partial charge in [-0.25, -0.2) is 0 Å². The molecule has 2 amide bonds. The molecule has 0 heterocycles. The van der Waals surface area contributed by atoms with Gasteiger partial charge in [0.1, 0.15) is 23.0 Å². The van der Waals surface area contributed by atoms with Crippen LogP contribution >= 0.6 is 31.9 Å². The van der Waals surface area contributed by atoms with E-state index in [1.54, 1.807) is 48.5 Å². The van der Waals surface area contributed by atoms with Crippen molar-refractivity contribution in [3.05, 3.63) is 105 Å². The monoisotopic (exact) mass is 652 g/mol. The summed E-state index contributed by atoms with van der Waals surface area (Å²) in [6.45, 7) is 3.64. The van der Waals surface area contributed by atoms with Crippen LogP contribution in [0.25, 0.3) is 0 Å². The highest BCUT2D eigenvalue weighted by Gasteiger charge is 2.08. The van der Waals surface area contributed by atoms with Crippen molar-refractivity contribution in [2.24, 2.45) is 0 Å². The molecule has 0 aromatic heterocycles. The van der Waals surface area contributed by atoms with Gasteiger partial charge in [0.15, 0.2) is 13.2 Å². The second kappa shape index (κ2) is 13.3. The van der Waals surface area contributed by atoms with E-state index < -0.39 is 0 Å². The number of halogens is 2. The fourth-order valence-electron chi connectivity index (χ4n) is 3.58. The number of amides is 2. The number of anilines is 2. The molecule has 4 aromatic rings. The van der Waals surface area contributed by atoms with Crippen molar-refractivity contribution in [3.8, 4) is 23.0 Å². The van der Waals surface area contributed by atoms with E-state index in [-0.39, 0.29) is 25.0 Å². The second-order valence-corrected chi connectivity index (χ2v) is 10.5. The Labute approximate surface area is 243 Å². The maximum Gasteiger partial charge on any atom is 0.262 e. The van der Waals surface area contributed by atoms with Crippen molar-refractivity contribution in [2.45, 2.75) is 13.8 Å². The van der Waals surface area contributed by atoms with E-state index in [1.165, 1.54) is 0 Å². The molecule has 0 aliphatic carbocycles. The van der Waals surface area contributed by atoms with Crippen LogP contribution in [0.15, 0.2) is 93.9 Å². The van der Waals surface area contributed by atoms with Crippen molar-refractivity contribution in [3.63, 3.8) is 0 Å². The third kappa shape index (κ3) is 8.59. The zero-order valence-corrected chi connectivity index (χ0v) is 24.5. The summed E-state index contributed by atoms with van der Waals surface area (Å²) in [6.07, 6.45) is 0. The van der Waals surface area contributed by atoms with Gasteiger partial charge in [-0.15, -0.1) is 0 Å². The van der Waals surface area contributed by atoms with E-state index in [9.17, 15) is 9.59 Å². The number of carbonyl (C=O) groups excluding carboxylic acids is 2. The van der Waals surface area contributed by atoms with Crippen molar-refractivity contribution in [1.29, 1.82) is 0 Å². The smallest absolute Gasteiger partial charge is 0.262 e. The molecule has 0 saturated carbocycles. The van der Waals surface area contributed by atoms with E-state index in [0.717, 1.165) is 20.1 Å². The predicted molar refractivity (Wildman–Crippen MR) is 159 cm³/mol. The second-order valence-electron chi connectivity index (χ2n) is 8.64. The van der Waals surface area contributed by atoms with Gasteiger partial charge in [-0.05, 0) is 110 Å². The topological polar surface area (TPSA) is 85.9 Å². The van der Waals surface area contributed by atoms with Crippen LogP contribution in [0.1, 0.15) is 11.1 Å². The molecule has 4 aromatic carbocycles. The van der Waals surface area contributed by atoms with Crippen LogP contribution in [0.2, 0.25) is 0 Å². The van der Waals surface area contributed by atoms with Gasteiger partial charge < -0.3 is 24.8 Å². The molecule has 7 nitrogen and oxygen atoms in total. The van der Waals surface area contributed by atoms with Gasteiger partial charge in [0.05, 0.1) is 0 Å². The lowest BCUT2D eigenvalue weighted by Crippen LogP contribution is -2.20. The van der Waals surface area contributed by atoms with E-state index in [2.05, 4.69) is 42.5 Å². The first-order valence-electron chi connectivity index (χ1n) is 12.0. The first-order chi connectivity index (χ1) is 18.7. The van der Waals surface area contributed by atoms with Crippen LogP contribution in [0, 0.1) is 13.8 Å². The lowest BCUT2D eigenvalue weighted by Gasteiger charge is -2.11. The van der Waals surface area contributed by atoms with Crippen LogP contribution in [-0.4, -0.2) is 25.0 Å². The van der Waals surface area contributed by atoms with E-state index >= 15 is 0 Å². The van der Waals surface area contributed by atoms with Gasteiger partial charge in [-0.1, -0.05) is 31.9 Å². The van der Waals surface area contributed by atoms with Gasteiger partial charge >= 0.3 is 0 Å². The Balaban J connectivity index is 1.22. The minimum atomic E-state index is -0.263. The van der Waals surface area contributed by atoms with E-state index in [0.29, 0.717) is 34.4 Å².